The number of hydrogen-bond acceptors (Lipinski definition) is 3. The summed E-state index contributed by atoms with van der Waals surface area (Å²) in [6.45, 7) is 0.937. The average Bonchev–Trinajstić information content (AvgIpc) is 3.10. The second-order valence-electron chi connectivity index (χ2n) is 6.22. The Morgan fingerprint density at radius 3 is 2.56 bits per heavy atom. The van der Waals surface area contributed by atoms with Gasteiger partial charge in [0.25, 0.3) is 5.91 Å². The van der Waals surface area contributed by atoms with E-state index in [0.717, 1.165) is 31.4 Å². The second-order valence-corrected chi connectivity index (χ2v) is 6.22. The van der Waals surface area contributed by atoms with Gasteiger partial charge in [0.05, 0.1) is 6.61 Å². The number of ether oxygens (including phenoxy) is 1. The van der Waals surface area contributed by atoms with Crippen LogP contribution in [0.3, 0.4) is 0 Å². The SMILES string of the molecule is O=C(c1ccc(OCCO)cc1)N1CCCC1Cc1ccc(F)cc1. The zero-order valence-corrected chi connectivity index (χ0v) is 14.0. The van der Waals surface area contributed by atoms with E-state index in [1.807, 2.05) is 4.90 Å². The highest BCUT2D eigenvalue weighted by Crippen LogP contribution is 2.24. The van der Waals surface area contributed by atoms with E-state index in [1.165, 1.54) is 12.1 Å². The van der Waals surface area contributed by atoms with Crippen LogP contribution in [0.25, 0.3) is 0 Å². The summed E-state index contributed by atoms with van der Waals surface area (Å²) in [7, 11) is 0. The van der Waals surface area contributed by atoms with Crippen molar-refractivity contribution < 1.29 is 19.0 Å². The van der Waals surface area contributed by atoms with Crippen molar-refractivity contribution in [2.45, 2.75) is 25.3 Å². The number of carbonyl (C=O) groups is 1. The number of benzene rings is 2. The maximum atomic E-state index is 13.0. The number of aliphatic hydroxyl groups is 1. The number of rotatable bonds is 6. The third kappa shape index (κ3) is 4.37. The molecule has 0 bridgehead atoms. The minimum Gasteiger partial charge on any atom is -0.491 e. The van der Waals surface area contributed by atoms with Crippen molar-refractivity contribution >= 4 is 5.91 Å². The highest BCUT2D eigenvalue weighted by molar-refractivity contribution is 5.94. The molecule has 3 rings (SSSR count). The van der Waals surface area contributed by atoms with E-state index >= 15 is 0 Å². The predicted molar refractivity (Wildman–Crippen MR) is 93.2 cm³/mol. The lowest BCUT2D eigenvalue weighted by molar-refractivity contribution is 0.0736. The molecule has 0 saturated carbocycles. The van der Waals surface area contributed by atoms with Crippen molar-refractivity contribution in [2.75, 3.05) is 19.8 Å². The molecule has 1 atom stereocenters. The summed E-state index contributed by atoms with van der Waals surface area (Å²) in [5.41, 5.74) is 1.67. The summed E-state index contributed by atoms with van der Waals surface area (Å²) in [5.74, 6) is 0.403. The lowest BCUT2D eigenvalue weighted by atomic mass is 10.0. The first-order chi connectivity index (χ1) is 12.2. The fraction of sp³-hybridized carbons (Fsp3) is 0.350. The Morgan fingerprint density at radius 2 is 1.88 bits per heavy atom. The first-order valence-electron chi connectivity index (χ1n) is 8.56. The quantitative estimate of drug-likeness (QED) is 0.877. The first kappa shape index (κ1) is 17.4. The van der Waals surface area contributed by atoms with Gasteiger partial charge in [-0.15, -0.1) is 0 Å². The molecule has 25 heavy (non-hydrogen) atoms. The standard InChI is InChI=1S/C20H22FNO3/c21-17-7-3-15(4-8-17)14-18-2-1-11-22(18)20(24)16-5-9-19(10-6-16)25-13-12-23/h3-10,18,23H,1-2,11-14H2. The molecular weight excluding hydrogens is 321 g/mol. The fourth-order valence-corrected chi connectivity index (χ4v) is 3.23. The zero-order valence-electron chi connectivity index (χ0n) is 14.0. The Labute approximate surface area is 146 Å². The van der Waals surface area contributed by atoms with E-state index in [2.05, 4.69) is 0 Å². The first-order valence-corrected chi connectivity index (χ1v) is 8.56. The number of aliphatic hydroxyl groups excluding tert-OH is 1. The Kier molecular flexibility index (Phi) is 5.66. The predicted octanol–water partition coefficient (Wildman–Crippen LogP) is 3.04. The maximum Gasteiger partial charge on any atom is 0.254 e. The molecule has 2 aromatic carbocycles. The van der Waals surface area contributed by atoms with Gasteiger partial charge in [-0.3, -0.25) is 4.79 Å². The minimum atomic E-state index is -0.244. The Balaban J connectivity index is 1.66. The van der Waals surface area contributed by atoms with E-state index in [0.29, 0.717) is 11.3 Å². The van der Waals surface area contributed by atoms with Gasteiger partial charge in [0.15, 0.2) is 0 Å². The molecule has 1 unspecified atom stereocenters. The van der Waals surface area contributed by atoms with E-state index in [4.69, 9.17) is 9.84 Å². The van der Waals surface area contributed by atoms with E-state index in [-0.39, 0.29) is 31.0 Å². The van der Waals surface area contributed by atoms with Crippen LogP contribution in [0.1, 0.15) is 28.8 Å². The summed E-state index contributed by atoms with van der Waals surface area (Å²) in [5, 5.41) is 8.77. The van der Waals surface area contributed by atoms with Gasteiger partial charge in [-0.2, -0.15) is 0 Å². The molecule has 1 heterocycles. The molecule has 0 spiro atoms. The summed E-state index contributed by atoms with van der Waals surface area (Å²) < 4.78 is 18.4. The van der Waals surface area contributed by atoms with Crippen LogP contribution in [0.5, 0.6) is 5.75 Å². The van der Waals surface area contributed by atoms with Crippen molar-refractivity contribution in [3.8, 4) is 5.75 Å². The Morgan fingerprint density at radius 1 is 1.16 bits per heavy atom. The van der Waals surface area contributed by atoms with E-state index < -0.39 is 0 Å². The van der Waals surface area contributed by atoms with Crippen molar-refractivity contribution in [1.82, 2.24) is 4.90 Å². The Bertz CT molecular complexity index is 700. The maximum absolute atomic E-state index is 13.0. The summed E-state index contributed by atoms with van der Waals surface area (Å²) in [6.07, 6.45) is 2.68. The smallest absolute Gasteiger partial charge is 0.254 e. The van der Waals surface area contributed by atoms with Crippen molar-refractivity contribution in [1.29, 1.82) is 0 Å². The summed E-state index contributed by atoms with van der Waals surface area (Å²) >= 11 is 0. The molecule has 1 N–H and O–H groups in total. The lowest BCUT2D eigenvalue weighted by Gasteiger charge is -2.25. The molecule has 1 saturated heterocycles. The largest absolute Gasteiger partial charge is 0.491 e. The zero-order chi connectivity index (χ0) is 17.6. The molecule has 0 radical (unpaired) electrons. The normalized spacial score (nSPS) is 16.9. The molecule has 1 aliphatic rings. The minimum absolute atomic E-state index is 0.0123. The third-order valence-electron chi connectivity index (χ3n) is 4.48. The number of amides is 1. The number of likely N-dealkylation sites (tertiary alicyclic amines) is 1. The topological polar surface area (TPSA) is 49.8 Å². The monoisotopic (exact) mass is 343 g/mol. The highest BCUT2D eigenvalue weighted by atomic mass is 19.1. The fourth-order valence-electron chi connectivity index (χ4n) is 3.23. The van der Waals surface area contributed by atoms with Gasteiger partial charge in [0.2, 0.25) is 0 Å². The van der Waals surface area contributed by atoms with Crippen molar-refractivity contribution in [3.63, 3.8) is 0 Å². The van der Waals surface area contributed by atoms with Crippen LogP contribution in [-0.4, -0.2) is 41.7 Å². The van der Waals surface area contributed by atoms with Crippen LogP contribution >= 0.6 is 0 Å². The molecule has 1 fully saturated rings. The highest BCUT2D eigenvalue weighted by Gasteiger charge is 2.29. The van der Waals surface area contributed by atoms with Gasteiger partial charge < -0.3 is 14.7 Å². The molecule has 1 amide bonds. The summed E-state index contributed by atoms with van der Waals surface area (Å²) in [6, 6.07) is 13.6. The molecule has 0 aliphatic carbocycles. The van der Waals surface area contributed by atoms with Crippen molar-refractivity contribution in [3.05, 3.63) is 65.5 Å². The van der Waals surface area contributed by atoms with Gasteiger partial charge in [-0.1, -0.05) is 12.1 Å². The third-order valence-corrected chi connectivity index (χ3v) is 4.48. The van der Waals surface area contributed by atoms with Crippen LogP contribution < -0.4 is 4.74 Å². The van der Waals surface area contributed by atoms with Crippen LogP contribution in [0.4, 0.5) is 4.39 Å². The van der Waals surface area contributed by atoms with Crippen LogP contribution in [-0.2, 0) is 6.42 Å². The van der Waals surface area contributed by atoms with Crippen molar-refractivity contribution in [2.24, 2.45) is 0 Å². The molecule has 4 nitrogen and oxygen atoms in total. The molecular formula is C20H22FNO3. The molecule has 132 valence electrons. The average molecular weight is 343 g/mol. The van der Waals surface area contributed by atoms with Gasteiger partial charge in [0.1, 0.15) is 18.2 Å². The van der Waals surface area contributed by atoms with Crippen LogP contribution in [0, 0.1) is 5.82 Å². The van der Waals surface area contributed by atoms with Crippen LogP contribution in [0.15, 0.2) is 48.5 Å². The number of halogens is 1. The number of carbonyl (C=O) groups excluding carboxylic acids is 1. The van der Waals surface area contributed by atoms with E-state index in [9.17, 15) is 9.18 Å². The second kappa shape index (κ2) is 8.12. The molecule has 1 aliphatic heterocycles. The van der Waals surface area contributed by atoms with Gasteiger partial charge in [0, 0.05) is 18.2 Å². The number of hydrogen-bond donors (Lipinski definition) is 1. The van der Waals surface area contributed by atoms with Gasteiger partial charge in [-0.05, 0) is 61.2 Å². The van der Waals surface area contributed by atoms with E-state index in [1.54, 1.807) is 36.4 Å². The Hall–Kier alpha value is -2.40. The number of nitrogens with zero attached hydrogens (tertiary/aromatic N) is 1. The summed E-state index contributed by atoms with van der Waals surface area (Å²) in [4.78, 5) is 14.7. The lowest BCUT2D eigenvalue weighted by Crippen LogP contribution is -2.36. The molecule has 0 aromatic heterocycles. The van der Waals surface area contributed by atoms with Gasteiger partial charge in [-0.25, -0.2) is 4.39 Å². The molecule has 2 aromatic rings. The van der Waals surface area contributed by atoms with Gasteiger partial charge >= 0.3 is 0 Å². The van der Waals surface area contributed by atoms with Crippen LogP contribution in [0.2, 0.25) is 0 Å². The molecule has 5 heteroatoms.